The number of aliphatic imine (C=N–C) groups is 1. The molecule has 8 nitrogen and oxygen atoms in total. The van der Waals surface area contributed by atoms with E-state index in [1.54, 1.807) is 0 Å². The van der Waals surface area contributed by atoms with E-state index in [-0.39, 0.29) is 65.4 Å². The SMILES string of the molecule is CCNC(=NCCCN1CCCCCC1=O)NCCN1C(=O)C2C3C=CC(C3)C2C1=O.I. The minimum Gasteiger partial charge on any atom is -0.357 e. The summed E-state index contributed by atoms with van der Waals surface area (Å²) in [7, 11) is 0. The van der Waals surface area contributed by atoms with Gasteiger partial charge in [0.15, 0.2) is 5.96 Å². The number of carbonyl (C=O) groups is 3. The van der Waals surface area contributed by atoms with Crippen molar-refractivity contribution < 1.29 is 14.4 Å². The number of halogens is 1. The zero-order chi connectivity index (χ0) is 21.8. The second-order valence-corrected chi connectivity index (χ2v) is 9.06. The average molecular weight is 557 g/mol. The zero-order valence-corrected chi connectivity index (χ0v) is 21.3. The number of guanidine groups is 1. The van der Waals surface area contributed by atoms with Gasteiger partial charge >= 0.3 is 0 Å². The van der Waals surface area contributed by atoms with Crippen LogP contribution in [0.2, 0.25) is 0 Å². The van der Waals surface area contributed by atoms with Crippen LogP contribution in [-0.2, 0) is 14.4 Å². The molecule has 0 radical (unpaired) electrons. The van der Waals surface area contributed by atoms with Crippen molar-refractivity contribution in [3.05, 3.63) is 12.2 Å². The van der Waals surface area contributed by atoms with Gasteiger partial charge in [-0.05, 0) is 44.4 Å². The van der Waals surface area contributed by atoms with Crippen LogP contribution < -0.4 is 10.6 Å². The number of hydrogen-bond acceptors (Lipinski definition) is 4. The first-order valence-electron chi connectivity index (χ1n) is 11.9. The first-order valence-corrected chi connectivity index (χ1v) is 11.9. The number of carbonyl (C=O) groups excluding carboxylic acids is 3. The number of amides is 3. The highest BCUT2D eigenvalue weighted by Crippen LogP contribution is 2.52. The summed E-state index contributed by atoms with van der Waals surface area (Å²) in [6, 6.07) is 0. The van der Waals surface area contributed by atoms with Crippen LogP contribution in [-0.4, -0.2) is 72.7 Å². The van der Waals surface area contributed by atoms with Gasteiger partial charge in [-0.25, -0.2) is 0 Å². The van der Waals surface area contributed by atoms with Crippen molar-refractivity contribution in [3.63, 3.8) is 0 Å². The number of nitrogens with zero attached hydrogens (tertiary/aromatic N) is 3. The Hall–Kier alpha value is -1.65. The maximum absolute atomic E-state index is 12.8. The number of nitrogens with one attached hydrogen (secondary N) is 2. The van der Waals surface area contributed by atoms with E-state index < -0.39 is 0 Å². The van der Waals surface area contributed by atoms with Gasteiger partial charge in [0.2, 0.25) is 17.7 Å². The summed E-state index contributed by atoms with van der Waals surface area (Å²) in [5, 5.41) is 6.46. The zero-order valence-electron chi connectivity index (χ0n) is 18.9. The summed E-state index contributed by atoms with van der Waals surface area (Å²) in [5.74, 6) is 1.18. The molecule has 9 heteroatoms. The molecule has 2 saturated heterocycles. The van der Waals surface area contributed by atoms with Crippen molar-refractivity contribution in [2.24, 2.45) is 28.7 Å². The third kappa shape index (κ3) is 5.28. The van der Waals surface area contributed by atoms with Crippen molar-refractivity contribution >= 4 is 47.7 Å². The van der Waals surface area contributed by atoms with Crippen molar-refractivity contribution in [1.82, 2.24) is 20.4 Å². The van der Waals surface area contributed by atoms with Crippen LogP contribution in [0.1, 0.15) is 45.4 Å². The van der Waals surface area contributed by atoms with E-state index in [1.807, 2.05) is 11.8 Å². The number of hydrogen-bond donors (Lipinski definition) is 2. The smallest absolute Gasteiger partial charge is 0.233 e. The minimum absolute atomic E-state index is 0. The van der Waals surface area contributed by atoms with Crippen molar-refractivity contribution in [1.29, 1.82) is 0 Å². The van der Waals surface area contributed by atoms with Crippen molar-refractivity contribution in [3.8, 4) is 0 Å². The molecule has 4 aliphatic rings. The van der Waals surface area contributed by atoms with Crippen LogP contribution >= 0.6 is 24.0 Å². The predicted molar refractivity (Wildman–Crippen MR) is 133 cm³/mol. The van der Waals surface area contributed by atoms with Crippen LogP contribution in [0, 0.1) is 23.7 Å². The molecule has 2 aliphatic carbocycles. The number of rotatable bonds is 8. The minimum atomic E-state index is -0.133. The number of imide groups is 1. The second kappa shape index (κ2) is 11.5. The lowest BCUT2D eigenvalue weighted by atomic mass is 9.85. The van der Waals surface area contributed by atoms with Gasteiger partial charge in [-0.1, -0.05) is 18.6 Å². The molecule has 1 saturated carbocycles. The van der Waals surface area contributed by atoms with Gasteiger partial charge in [0.1, 0.15) is 0 Å². The monoisotopic (exact) mass is 557 g/mol. The predicted octanol–water partition coefficient (Wildman–Crippen LogP) is 1.76. The van der Waals surface area contributed by atoms with Gasteiger partial charge in [-0.2, -0.15) is 0 Å². The summed E-state index contributed by atoms with van der Waals surface area (Å²) >= 11 is 0. The molecule has 4 atom stereocenters. The highest BCUT2D eigenvalue weighted by atomic mass is 127. The molecule has 32 heavy (non-hydrogen) atoms. The fourth-order valence-corrected chi connectivity index (χ4v) is 5.54. The van der Waals surface area contributed by atoms with Gasteiger partial charge in [0.05, 0.1) is 11.8 Å². The molecule has 0 aromatic heterocycles. The fraction of sp³-hybridized carbons (Fsp3) is 0.739. The standard InChI is InChI=1S/C23H35N5O3.HI/c1-2-24-23(25-10-6-13-27-12-5-3-4-7-18(27)29)26-11-14-28-21(30)19-16-8-9-17(15-16)20(19)22(28)31;/h8-9,16-17,19-20H,2-7,10-15H2,1H3,(H2,24,25,26);1H. The van der Waals surface area contributed by atoms with E-state index in [4.69, 9.17) is 0 Å². The van der Waals surface area contributed by atoms with Crippen molar-refractivity contribution in [2.45, 2.75) is 45.4 Å². The third-order valence-electron chi connectivity index (χ3n) is 7.06. The number of fused-ring (bicyclic) bond motifs is 5. The van der Waals surface area contributed by atoms with Gasteiger partial charge < -0.3 is 15.5 Å². The number of allylic oxidation sites excluding steroid dienone is 2. The average Bonchev–Trinajstić information content (AvgIpc) is 3.39. The Morgan fingerprint density at radius 2 is 1.75 bits per heavy atom. The molecule has 2 N–H and O–H groups in total. The summed E-state index contributed by atoms with van der Waals surface area (Å²) in [6.45, 7) is 5.82. The lowest BCUT2D eigenvalue weighted by Gasteiger charge is -2.20. The Morgan fingerprint density at radius 3 is 2.44 bits per heavy atom. The summed E-state index contributed by atoms with van der Waals surface area (Å²) < 4.78 is 0. The molecule has 3 amide bonds. The Morgan fingerprint density at radius 1 is 1.03 bits per heavy atom. The van der Waals surface area contributed by atoms with E-state index >= 15 is 0 Å². The maximum Gasteiger partial charge on any atom is 0.233 e. The van der Waals surface area contributed by atoms with Crippen molar-refractivity contribution in [2.75, 3.05) is 39.3 Å². The van der Waals surface area contributed by atoms with Gasteiger partial charge in [-0.3, -0.25) is 24.3 Å². The van der Waals surface area contributed by atoms with E-state index in [1.165, 1.54) is 4.90 Å². The first-order chi connectivity index (χ1) is 15.1. The molecule has 4 unspecified atom stereocenters. The second-order valence-electron chi connectivity index (χ2n) is 9.06. The normalized spacial score (nSPS) is 29.3. The summed E-state index contributed by atoms with van der Waals surface area (Å²) in [6.07, 6.45) is 9.91. The van der Waals surface area contributed by atoms with Gasteiger partial charge in [0, 0.05) is 45.7 Å². The molecule has 0 spiro atoms. The largest absolute Gasteiger partial charge is 0.357 e. The van der Waals surface area contributed by atoms with Crippen LogP contribution in [0.4, 0.5) is 0 Å². The third-order valence-corrected chi connectivity index (χ3v) is 7.06. The van der Waals surface area contributed by atoms with Gasteiger partial charge in [0.25, 0.3) is 0 Å². The summed E-state index contributed by atoms with van der Waals surface area (Å²) in [4.78, 5) is 45.6. The maximum atomic E-state index is 12.8. The van der Waals surface area contributed by atoms with E-state index in [2.05, 4.69) is 27.8 Å². The molecular formula is C23H36IN5O3. The van der Waals surface area contributed by atoms with Crippen LogP contribution in [0.15, 0.2) is 17.1 Å². The highest BCUT2D eigenvalue weighted by Gasteiger charge is 2.58. The lowest BCUT2D eigenvalue weighted by Crippen LogP contribution is -2.43. The van der Waals surface area contributed by atoms with Gasteiger partial charge in [-0.15, -0.1) is 24.0 Å². The Bertz CT molecular complexity index is 741. The topological polar surface area (TPSA) is 94.1 Å². The lowest BCUT2D eigenvalue weighted by molar-refractivity contribution is -0.140. The van der Waals surface area contributed by atoms with E-state index in [0.717, 1.165) is 51.7 Å². The van der Waals surface area contributed by atoms with E-state index in [0.29, 0.717) is 32.0 Å². The highest BCUT2D eigenvalue weighted by molar-refractivity contribution is 14.0. The molecule has 3 fully saturated rings. The molecule has 0 aromatic rings. The molecule has 2 bridgehead atoms. The van der Waals surface area contributed by atoms with Crippen LogP contribution in [0.25, 0.3) is 0 Å². The molecule has 178 valence electrons. The Balaban J connectivity index is 0.00000289. The Kier molecular flexibility index (Phi) is 8.95. The molecule has 0 aromatic carbocycles. The van der Waals surface area contributed by atoms with Crippen LogP contribution in [0.3, 0.4) is 0 Å². The quantitative estimate of drug-likeness (QED) is 0.119. The first kappa shape index (κ1) is 25.0. The molecular weight excluding hydrogens is 521 g/mol. The Labute approximate surface area is 207 Å². The fourth-order valence-electron chi connectivity index (χ4n) is 5.54. The number of likely N-dealkylation sites (tertiary alicyclic amines) is 2. The van der Waals surface area contributed by atoms with E-state index in [9.17, 15) is 14.4 Å². The molecule has 4 rings (SSSR count). The summed E-state index contributed by atoms with van der Waals surface area (Å²) in [5.41, 5.74) is 0. The molecule has 2 aliphatic heterocycles. The molecule has 2 heterocycles. The van der Waals surface area contributed by atoms with Crippen LogP contribution in [0.5, 0.6) is 0 Å².